The molecule has 0 bridgehead atoms. The van der Waals surface area contributed by atoms with Crippen molar-refractivity contribution >= 4 is 17.1 Å². The third-order valence-electron chi connectivity index (χ3n) is 7.80. The SMILES string of the molecule is COc1ccc(C(Nc2nc3c(ncn3[C@@H]3O[C@H](CO)[C@@H](C)[C@@H]3F)c(=O)[nH]2)(c2ccccc2)c2ccccc2)cc1. The topological polar surface area (TPSA) is 114 Å². The number of nitrogens with one attached hydrogen (secondary N) is 2. The number of ether oxygens (including phenoxy) is 2. The highest BCUT2D eigenvalue weighted by molar-refractivity contribution is 5.71. The van der Waals surface area contributed by atoms with E-state index in [-0.39, 0.29) is 23.7 Å². The second-order valence-electron chi connectivity index (χ2n) is 10.1. The Morgan fingerprint density at radius 3 is 2.20 bits per heavy atom. The second-order valence-corrected chi connectivity index (χ2v) is 10.1. The number of methoxy groups -OCH3 is 1. The lowest BCUT2D eigenvalue weighted by Crippen LogP contribution is -2.39. The minimum Gasteiger partial charge on any atom is -0.497 e. The monoisotopic (exact) mass is 555 g/mol. The molecule has 0 amide bonds. The lowest BCUT2D eigenvalue weighted by molar-refractivity contribution is -0.0378. The maximum Gasteiger partial charge on any atom is 0.280 e. The first-order chi connectivity index (χ1) is 20.0. The molecular formula is C31H30FN5O4. The fraction of sp³-hybridized carbons (Fsp3) is 0.258. The molecule has 1 aliphatic heterocycles. The molecule has 0 unspecified atom stereocenters. The normalized spacial score (nSPS) is 20.8. The van der Waals surface area contributed by atoms with Crippen LogP contribution in [-0.2, 0) is 10.3 Å². The quantitative estimate of drug-likeness (QED) is 0.243. The highest BCUT2D eigenvalue weighted by Crippen LogP contribution is 2.41. The molecule has 3 aromatic carbocycles. The summed E-state index contributed by atoms with van der Waals surface area (Å²) in [5.74, 6) is 0.322. The number of hydrogen-bond donors (Lipinski definition) is 3. The van der Waals surface area contributed by atoms with Gasteiger partial charge in [0, 0.05) is 5.92 Å². The summed E-state index contributed by atoms with van der Waals surface area (Å²) in [6.45, 7) is 1.37. The lowest BCUT2D eigenvalue weighted by atomic mass is 9.77. The van der Waals surface area contributed by atoms with Crippen LogP contribution in [0.1, 0.15) is 29.8 Å². The van der Waals surface area contributed by atoms with Crippen LogP contribution in [0, 0.1) is 5.92 Å². The minimum absolute atomic E-state index is 0.0564. The summed E-state index contributed by atoms with van der Waals surface area (Å²) < 4.78 is 27.9. The number of alkyl halides is 1. The van der Waals surface area contributed by atoms with Crippen molar-refractivity contribution in [2.75, 3.05) is 19.0 Å². The summed E-state index contributed by atoms with van der Waals surface area (Å²) >= 11 is 0. The predicted octanol–water partition coefficient (Wildman–Crippen LogP) is 4.40. The van der Waals surface area contributed by atoms with Gasteiger partial charge in [0.05, 0.1) is 26.1 Å². The first-order valence-corrected chi connectivity index (χ1v) is 13.4. The number of H-pyrrole nitrogens is 1. The van der Waals surface area contributed by atoms with Gasteiger partial charge in [-0.1, -0.05) is 79.7 Å². The van der Waals surface area contributed by atoms with Crippen molar-refractivity contribution in [3.8, 4) is 5.75 Å². The zero-order chi connectivity index (χ0) is 28.6. The van der Waals surface area contributed by atoms with Crippen molar-refractivity contribution in [2.45, 2.75) is 31.0 Å². The Hall–Kier alpha value is -4.54. The van der Waals surface area contributed by atoms with Crippen molar-refractivity contribution in [2.24, 2.45) is 5.92 Å². The van der Waals surface area contributed by atoms with E-state index in [4.69, 9.17) is 14.5 Å². The largest absolute Gasteiger partial charge is 0.497 e. The van der Waals surface area contributed by atoms with Crippen LogP contribution < -0.4 is 15.6 Å². The van der Waals surface area contributed by atoms with Crippen LogP contribution >= 0.6 is 0 Å². The van der Waals surface area contributed by atoms with Gasteiger partial charge in [-0.3, -0.25) is 14.3 Å². The van der Waals surface area contributed by atoms with Crippen LogP contribution in [0.5, 0.6) is 5.75 Å². The molecule has 1 aliphatic rings. The molecule has 2 aromatic heterocycles. The van der Waals surface area contributed by atoms with Gasteiger partial charge in [-0.2, -0.15) is 4.98 Å². The maximum absolute atomic E-state index is 15.3. The number of anilines is 1. The molecule has 3 heterocycles. The molecule has 6 rings (SSSR count). The first kappa shape index (κ1) is 26.7. The number of benzene rings is 3. The molecule has 0 radical (unpaired) electrons. The Bertz CT molecular complexity index is 1650. The van der Waals surface area contributed by atoms with Gasteiger partial charge < -0.3 is 19.9 Å². The highest BCUT2D eigenvalue weighted by atomic mass is 19.1. The standard InChI is InChI=1S/C31H30FN5O4/c1-19-24(17-38)41-29(25(19)32)37-18-33-26-27(37)34-30(35-28(26)39)36-31(20-9-5-3-6-10-20,21-11-7-4-8-12-21)22-13-15-23(40-2)16-14-22/h3-16,18-19,24-25,29,38H,17H2,1-2H3,(H2,34,35,36,39)/t19-,24-,25+,29-/m1/s1. The summed E-state index contributed by atoms with van der Waals surface area (Å²) in [5.41, 5.74) is 1.41. The molecule has 1 saturated heterocycles. The molecule has 210 valence electrons. The third-order valence-corrected chi connectivity index (χ3v) is 7.80. The molecule has 9 nitrogen and oxygen atoms in total. The first-order valence-electron chi connectivity index (χ1n) is 13.4. The van der Waals surface area contributed by atoms with Crippen molar-refractivity contribution < 1.29 is 19.0 Å². The van der Waals surface area contributed by atoms with Crippen molar-refractivity contribution in [3.63, 3.8) is 0 Å². The zero-order valence-electron chi connectivity index (χ0n) is 22.6. The second kappa shape index (κ2) is 10.8. The van der Waals surface area contributed by atoms with Crippen LogP contribution in [0.3, 0.4) is 0 Å². The molecule has 4 atom stereocenters. The van der Waals surface area contributed by atoms with E-state index in [2.05, 4.69) is 15.3 Å². The van der Waals surface area contributed by atoms with Gasteiger partial charge in [-0.05, 0) is 28.8 Å². The number of aliphatic hydroxyl groups excluding tert-OH is 1. The van der Waals surface area contributed by atoms with Crippen LogP contribution in [-0.4, -0.2) is 50.6 Å². The van der Waals surface area contributed by atoms with Crippen molar-refractivity contribution in [3.05, 3.63) is 118 Å². The Morgan fingerprint density at radius 2 is 1.63 bits per heavy atom. The summed E-state index contributed by atoms with van der Waals surface area (Å²) in [4.78, 5) is 25.1. The third kappa shape index (κ3) is 4.55. The number of imidazole rings is 1. The number of aliphatic hydroxyl groups is 1. The van der Waals surface area contributed by atoms with E-state index < -0.39 is 35.5 Å². The molecule has 5 aromatic rings. The number of hydrogen-bond acceptors (Lipinski definition) is 7. The summed E-state index contributed by atoms with van der Waals surface area (Å²) in [6, 6.07) is 27.4. The molecule has 0 spiro atoms. The smallest absolute Gasteiger partial charge is 0.280 e. The predicted molar refractivity (Wildman–Crippen MR) is 153 cm³/mol. The van der Waals surface area contributed by atoms with E-state index in [1.54, 1.807) is 14.0 Å². The van der Waals surface area contributed by atoms with E-state index in [1.807, 2.05) is 84.9 Å². The lowest BCUT2D eigenvalue weighted by Gasteiger charge is -2.37. The van der Waals surface area contributed by atoms with Crippen molar-refractivity contribution in [1.82, 2.24) is 19.5 Å². The van der Waals surface area contributed by atoms with E-state index in [9.17, 15) is 9.90 Å². The van der Waals surface area contributed by atoms with Gasteiger partial charge in [-0.25, -0.2) is 9.37 Å². The molecule has 10 heteroatoms. The molecular weight excluding hydrogens is 525 g/mol. The summed E-state index contributed by atoms with van der Waals surface area (Å²) in [5, 5.41) is 13.2. The van der Waals surface area contributed by atoms with Crippen molar-refractivity contribution in [1.29, 1.82) is 0 Å². The fourth-order valence-corrected chi connectivity index (χ4v) is 5.55. The van der Waals surface area contributed by atoms with Gasteiger partial charge in [0.15, 0.2) is 23.6 Å². The molecule has 0 saturated carbocycles. The molecule has 3 N–H and O–H groups in total. The number of rotatable bonds is 8. The summed E-state index contributed by atoms with van der Waals surface area (Å²) in [6.07, 6.45) is -1.82. The van der Waals surface area contributed by atoms with Gasteiger partial charge >= 0.3 is 0 Å². The number of aromatic amines is 1. The Labute approximate surface area is 235 Å². The fourth-order valence-electron chi connectivity index (χ4n) is 5.55. The van der Waals surface area contributed by atoms with E-state index in [0.717, 1.165) is 16.7 Å². The van der Waals surface area contributed by atoms with Crippen LogP contribution in [0.4, 0.5) is 10.3 Å². The van der Waals surface area contributed by atoms with Crippen LogP contribution in [0.15, 0.2) is 96.1 Å². The number of nitrogens with zero attached hydrogens (tertiary/aromatic N) is 3. The number of aromatic nitrogens is 4. The average molecular weight is 556 g/mol. The zero-order valence-corrected chi connectivity index (χ0v) is 22.6. The number of fused-ring (bicyclic) bond motifs is 1. The van der Waals surface area contributed by atoms with E-state index in [1.165, 1.54) is 10.9 Å². The van der Waals surface area contributed by atoms with Gasteiger partial charge in [0.25, 0.3) is 5.56 Å². The molecule has 1 fully saturated rings. The Balaban J connectivity index is 1.54. The van der Waals surface area contributed by atoms with Crippen LogP contribution in [0.25, 0.3) is 11.2 Å². The maximum atomic E-state index is 15.3. The van der Waals surface area contributed by atoms with E-state index >= 15 is 4.39 Å². The Morgan fingerprint density at radius 1 is 1.02 bits per heavy atom. The van der Waals surface area contributed by atoms with Gasteiger partial charge in [-0.15, -0.1) is 0 Å². The Kier molecular flexibility index (Phi) is 7.02. The highest BCUT2D eigenvalue weighted by Gasteiger charge is 2.44. The minimum atomic E-state index is -1.42. The van der Waals surface area contributed by atoms with Gasteiger partial charge in [0.1, 0.15) is 11.3 Å². The van der Waals surface area contributed by atoms with Gasteiger partial charge in [0.2, 0.25) is 5.95 Å². The van der Waals surface area contributed by atoms with E-state index in [0.29, 0.717) is 5.75 Å². The molecule has 0 aliphatic carbocycles. The molecule has 41 heavy (non-hydrogen) atoms. The van der Waals surface area contributed by atoms with Crippen LogP contribution in [0.2, 0.25) is 0 Å². The summed E-state index contributed by atoms with van der Waals surface area (Å²) in [7, 11) is 1.61. The average Bonchev–Trinajstić information content (AvgIpc) is 3.57. The number of halogens is 1.